The van der Waals surface area contributed by atoms with Gasteiger partial charge in [0.15, 0.2) is 5.78 Å². The summed E-state index contributed by atoms with van der Waals surface area (Å²) in [5, 5.41) is 7.58. The van der Waals surface area contributed by atoms with Gasteiger partial charge in [0.1, 0.15) is 18.1 Å². The second kappa shape index (κ2) is 11.0. The van der Waals surface area contributed by atoms with Crippen LogP contribution in [0.2, 0.25) is 0 Å². The number of aromatic nitrogens is 1. The van der Waals surface area contributed by atoms with Crippen molar-refractivity contribution in [3.05, 3.63) is 101 Å². The normalized spacial score (nSPS) is 11.0. The summed E-state index contributed by atoms with van der Waals surface area (Å²) in [6.07, 6.45) is 5.06. The topological polar surface area (TPSA) is 74.4 Å². The van der Waals surface area contributed by atoms with E-state index in [0.717, 1.165) is 38.5 Å². The lowest BCUT2D eigenvalue weighted by Gasteiger charge is -2.14. The van der Waals surface area contributed by atoms with E-state index in [2.05, 4.69) is 4.98 Å². The van der Waals surface area contributed by atoms with Crippen molar-refractivity contribution in [1.82, 2.24) is 4.98 Å². The summed E-state index contributed by atoms with van der Waals surface area (Å²) >= 11 is 2.77. The summed E-state index contributed by atoms with van der Waals surface area (Å²) in [6.45, 7) is 0.301. The molecule has 7 heteroatoms. The number of nitrogens with zero attached hydrogens (tertiary/aromatic N) is 1. The fourth-order valence-electron chi connectivity index (χ4n) is 3.22. The Labute approximate surface area is 201 Å². The van der Waals surface area contributed by atoms with Crippen molar-refractivity contribution in [1.29, 1.82) is 0 Å². The third-order valence-electron chi connectivity index (χ3n) is 4.91. The minimum atomic E-state index is -0.104. The van der Waals surface area contributed by atoms with Gasteiger partial charge >= 0.3 is 0 Å². The first-order valence-corrected chi connectivity index (χ1v) is 11.9. The zero-order chi connectivity index (χ0) is 23.0. The Hall–Kier alpha value is -3.39. The van der Waals surface area contributed by atoms with Gasteiger partial charge in [-0.2, -0.15) is 0 Å². The van der Waals surface area contributed by atoms with Crippen LogP contribution in [0.25, 0.3) is 16.5 Å². The third kappa shape index (κ3) is 5.70. The number of ether oxygens (including phenoxy) is 2. The zero-order valence-electron chi connectivity index (χ0n) is 17.9. The zero-order valence-corrected chi connectivity index (χ0v) is 19.6. The van der Waals surface area contributed by atoms with Crippen molar-refractivity contribution >= 4 is 35.1 Å². The largest absolute Gasteiger partial charge is 0.496 e. The molecule has 166 valence electrons. The molecular weight excluding hydrogens is 452 g/mol. The first kappa shape index (κ1) is 22.8. The van der Waals surface area contributed by atoms with Crippen LogP contribution in [-0.4, -0.2) is 17.9 Å². The lowest BCUT2D eigenvalue weighted by Crippen LogP contribution is -2.00. The number of methoxy groups -OCH3 is 1. The lowest BCUT2D eigenvalue weighted by molar-refractivity contribution is 0.104. The highest BCUT2D eigenvalue weighted by Crippen LogP contribution is 2.39. The average Bonchev–Trinajstić information content (AvgIpc) is 3.41. The molecule has 2 aromatic carbocycles. The van der Waals surface area contributed by atoms with Crippen molar-refractivity contribution in [3.8, 4) is 21.9 Å². The molecule has 0 aliphatic heterocycles. The quantitative estimate of drug-likeness (QED) is 0.175. The van der Waals surface area contributed by atoms with Crippen LogP contribution in [0.4, 0.5) is 0 Å². The number of nitrogens with two attached hydrogens (primary N) is 1. The Morgan fingerprint density at radius 3 is 2.61 bits per heavy atom. The summed E-state index contributed by atoms with van der Waals surface area (Å²) in [5.74, 6) is 1.20. The van der Waals surface area contributed by atoms with Crippen LogP contribution in [0.3, 0.4) is 0 Å². The van der Waals surface area contributed by atoms with Gasteiger partial charge in [0.2, 0.25) is 0 Å². The number of allylic oxidation sites excluding steroid dienone is 1. The maximum atomic E-state index is 12.7. The van der Waals surface area contributed by atoms with Crippen molar-refractivity contribution in [2.75, 3.05) is 7.11 Å². The van der Waals surface area contributed by atoms with Gasteiger partial charge in [-0.25, -0.2) is 0 Å². The fraction of sp³-hybridized carbons (Fsp3) is 0.0769. The molecule has 0 saturated carbocycles. The number of benzene rings is 2. The highest BCUT2D eigenvalue weighted by Gasteiger charge is 2.14. The lowest BCUT2D eigenvalue weighted by atomic mass is 10.0. The van der Waals surface area contributed by atoms with Gasteiger partial charge in [-0.1, -0.05) is 12.1 Å². The Morgan fingerprint density at radius 1 is 1.09 bits per heavy atom. The minimum Gasteiger partial charge on any atom is -0.496 e. The van der Waals surface area contributed by atoms with E-state index in [9.17, 15) is 4.79 Å². The number of carbonyl (C=O) groups is 1. The molecule has 0 saturated heterocycles. The molecule has 0 aliphatic carbocycles. The van der Waals surface area contributed by atoms with Crippen molar-refractivity contribution in [3.63, 3.8) is 0 Å². The Morgan fingerprint density at radius 2 is 1.94 bits per heavy atom. The molecule has 0 radical (unpaired) electrons. The van der Waals surface area contributed by atoms with E-state index in [1.165, 1.54) is 0 Å². The van der Waals surface area contributed by atoms with Crippen LogP contribution in [0.15, 0.2) is 89.3 Å². The number of carbonyl (C=O) groups excluding carboxylic acids is 1. The van der Waals surface area contributed by atoms with E-state index >= 15 is 0 Å². The van der Waals surface area contributed by atoms with Gasteiger partial charge in [-0.15, -0.1) is 11.3 Å². The predicted octanol–water partition coefficient (Wildman–Crippen LogP) is 6.26. The summed E-state index contributed by atoms with van der Waals surface area (Å²) in [4.78, 5) is 19.0. The average molecular weight is 475 g/mol. The monoisotopic (exact) mass is 474 g/mol. The highest BCUT2D eigenvalue weighted by atomic mass is 32.2. The van der Waals surface area contributed by atoms with E-state index in [0.29, 0.717) is 23.7 Å². The molecule has 0 amide bonds. The molecule has 0 atom stereocenters. The number of hydrogen-bond acceptors (Lipinski definition) is 7. The van der Waals surface area contributed by atoms with Crippen molar-refractivity contribution in [2.45, 2.75) is 11.5 Å². The van der Waals surface area contributed by atoms with E-state index in [1.807, 2.05) is 60.0 Å². The first-order valence-electron chi connectivity index (χ1n) is 10.2. The van der Waals surface area contributed by atoms with Crippen molar-refractivity contribution in [2.24, 2.45) is 5.14 Å². The fourth-order valence-corrected chi connectivity index (χ4v) is 4.26. The second-order valence-electron chi connectivity index (χ2n) is 7.02. The van der Waals surface area contributed by atoms with E-state index < -0.39 is 0 Å². The number of hydrogen-bond donors (Lipinski definition) is 1. The minimum absolute atomic E-state index is 0.104. The standard InChI is InChI=1S/C26H22N2O3S2/c1-30-25-16-24(31-17-20-5-2-3-13-28-20)19(15-22(25)26-6-4-14-32-26)9-12-23(29)18-7-10-21(33-27)11-8-18/h2-16H,17,27H2,1H3/b12-9+. The molecule has 0 fully saturated rings. The van der Waals surface area contributed by atoms with Crippen LogP contribution in [0, 0.1) is 0 Å². The Kier molecular flexibility index (Phi) is 7.57. The molecule has 33 heavy (non-hydrogen) atoms. The van der Waals surface area contributed by atoms with Gasteiger partial charge in [0.25, 0.3) is 0 Å². The van der Waals surface area contributed by atoms with Gasteiger partial charge in [0, 0.05) is 38.7 Å². The Balaban J connectivity index is 1.67. The SMILES string of the molecule is COc1cc(OCc2ccccn2)c(/C=C/C(=O)c2ccc(SN)cc2)cc1-c1cccs1. The smallest absolute Gasteiger partial charge is 0.185 e. The van der Waals surface area contributed by atoms with Crippen LogP contribution in [-0.2, 0) is 6.61 Å². The molecule has 0 unspecified atom stereocenters. The van der Waals surface area contributed by atoms with Crippen LogP contribution < -0.4 is 14.6 Å². The summed E-state index contributed by atoms with van der Waals surface area (Å²) < 4.78 is 11.7. The number of ketones is 1. The van der Waals surface area contributed by atoms with E-state index in [1.54, 1.807) is 48.9 Å². The molecule has 0 spiro atoms. The van der Waals surface area contributed by atoms with E-state index in [4.69, 9.17) is 14.6 Å². The van der Waals surface area contributed by atoms with Gasteiger partial charge < -0.3 is 9.47 Å². The summed E-state index contributed by atoms with van der Waals surface area (Å²) in [6, 6.07) is 20.7. The highest BCUT2D eigenvalue weighted by molar-refractivity contribution is 7.97. The summed E-state index contributed by atoms with van der Waals surface area (Å²) in [7, 11) is 1.64. The van der Waals surface area contributed by atoms with Gasteiger partial charge in [0.05, 0.1) is 12.8 Å². The molecule has 2 N–H and O–H groups in total. The molecular formula is C26H22N2O3S2. The molecule has 0 bridgehead atoms. The van der Waals surface area contributed by atoms with E-state index in [-0.39, 0.29) is 5.78 Å². The molecule has 2 heterocycles. The molecule has 5 nitrogen and oxygen atoms in total. The molecule has 2 aromatic heterocycles. The molecule has 4 aromatic rings. The maximum Gasteiger partial charge on any atom is 0.185 e. The summed E-state index contributed by atoms with van der Waals surface area (Å²) in [5.41, 5.74) is 3.11. The molecule has 4 rings (SSSR count). The number of pyridine rings is 1. The molecule has 0 aliphatic rings. The number of rotatable bonds is 9. The number of thiophene rings is 1. The Bertz CT molecular complexity index is 1240. The van der Waals surface area contributed by atoms with Crippen LogP contribution in [0.1, 0.15) is 21.6 Å². The van der Waals surface area contributed by atoms with Crippen molar-refractivity contribution < 1.29 is 14.3 Å². The van der Waals surface area contributed by atoms with Crippen LogP contribution in [0.5, 0.6) is 11.5 Å². The second-order valence-corrected chi connectivity index (χ2v) is 8.67. The third-order valence-corrected chi connectivity index (χ3v) is 6.36. The van der Waals surface area contributed by atoms with Gasteiger partial charge in [-0.3, -0.25) is 14.9 Å². The first-order chi connectivity index (χ1) is 16.2. The van der Waals surface area contributed by atoms with Crippen LogP contribution >= 0.6 is 23.3 Å². The van der Waals surface area contributed by atoms with Gasteiger partial charge in [-0.05, 0) is 78.0 Å². The maximum absolute atomic E-state index is 12.7. The predicted molar refractivity (Wildman–Crippen MR) is 135 cm³/mol.